The fourth-order valence-electron chi connectivity index (χ4n) is 1.90. The first-order valence-corrected chi connectivity index (χ1v) is 5.09. The van der Waals surface area contributed by atoms with Gasteiger partial charge in [-0.25, -0.2) is 0 Å². The van der Waals surface area contributed by atoms with Crippen molar-refractivity contribution in [1.82, 2.24) is 10.2 Å². The van der Waals surface area contributed by atoms with Crippen LogP contribution >= 0.6 is 0 Å². The van der Waals surface area contributed by atoms with Crippen molar-refractivity contribution in [2.75, 3.05) is 27.2 Å². The molecule has 15 heavy (non-hydrogen) atoms. The van der Waals surface area contributed by atoms with Crippen LogP contribution in [0.15, 0.2) is 0 Å². The van der Waals surface area contributed by atoms with E-state index in [9.17, 15) is 9.59 Å². The summed E-state index contributed by atoms with van der Waals surface area (Å²) in [7, 11) is 3.21. The Morgan fingerprint density at radius 1 is 1.40 bits per heavy atom. The van der Waals surface area contributed by atoms with Gasteiger partial charge in [0, 0.05) is 26.1 Å². The third-order valence-electron chi connectivity index (χ3n) is 2.84. The molecule has 86 valence electrons. The smallest absolute Gasteiger partial charge is 0.310 e. The lowest BCUT2D eigenvalue weighted by molar-refractivity contribution is -0.149. The van der Waals surface area contributed by atoms with E-state index in [1.54, 1.807) is 4.90 Å². The molecule has 5 heteroatoms. The predicted octanol–water partition coefficient (Wildman–Crippen LogP) is -0.384. The highest BCUT2D eigenvalue weighted by molar-refractivity contribution is 5.76. The van der Waals surface area contributed by atoms with Crippen molar-refractivity contribution in [1.29, 1.82) is 0 Å². The second-order valence-electron chi connectivity index (χ2n) is 3.87. The first-order valence-electron chi connectivity index (χ1n) is 5.09. The van der Waals surface area contributed by atoms with Gasteiger partial charge in [-0.05, 0) is 13.5 Å². The molecule has 5 nitrogen and oxygen atoms in total. The van der Waals surface area contributed by atoms with Crippen LogP contribution in [-0.2, 0) is 14.3 Å². The van der Waals surface area contributed by atoms with Gasteiger partial charge in [0.15, 0.2) is 0 Å². The van der Waals surface area contributed by atoms with E-state index in [1.165, 1.54) is 14.0 Å². The van der Waals surface area contributed by atoms with E-state index in [4.69, 9.17) is 4.74 Å². The number of ether oxygens (including phenoxy) is 1. The van der Waals surface area contributed by atoms with Gasteiger partial charge in [0.25, 0.3) is 0 Å². The number of esters is 1. The molecule has 2 atom stereocenters. The number of carbonyl (C=O) groups excluding carboxylic acids is 2. The highest BCUT2D eigenvalue weighted by Gasteiger charge is 2.32. The van der Waals surface area contributed by atoms with Gasteiger partial charge in [-0.15, -0.1) is 0 Å². The Hall–Kier alpha value is -1.10. The number of piperidine rings is 1. The number of rotatable bonds is 2. The zero-order valence-corrected chi connectivity index (χ0v) is 9.45. The highest BCUT2D eigenvalue weighted by Crippen LogP contribution is 2.18. The Bertz CT molecular complexity index is 255. The molecule has 1 rings (SSSR count). The molecule has 0 radical (unpaired) electrons. The molecule has 1 N–H and O–H groups in total. The quantitative estimate of drug-likeness (QED) is 0.636. The lowest BCUT2D eigenvalue weighted by atomic mass is 9.94. The molecule has 0 aliphatic carbocycles. The molecule has 0 aromatic rings. The molecule has 2 unspecified atom stereocenters. The topological polar surface area (TPSA) is 58.6 Å². The number of nitrogens with one attached hydrogen (secondary N) is 1. The standard InChI is InChI=1S/C10H18N2O3/c1-7(13)12-5-8(10(14)15-3)4-9(6-12)11-2/h8-9,11H,4-6H2,1-3H3. The summed E-state index contributed by atoms with van der Waals surface area (Å²) in [5.41, 5.74) is 0. The van der Waals surface area contributed by atoms with Crippen molar-refractivity contribution < 1.29 is 14.3 Å². The van der Waals surface area contributed by atoms with Gasteiger partial charge >= 0.3 is 5.97 Å². The van der Waals surface area contributed by atoms with Crippen LogP contribution in [0.5, 0.6) is 0 Å². The Morgan fingerprint density at radius 2 is 2.07 bits per heavy atom. The van der Waals surface area contributed by atoms with E-state index >= 15 is 0 Å². The highest BCUT2D eigenvalue weighted by atomic mass is 16.5. The van der Waals surface area contributed by atoms with Crippen LogP contribution in [0.1, 0.15) is 13.3 Å². The summed E-state index contributed by atoms with van der Waals surface area (Å²) in [5.74, 6) is -0.435. The maximum Gasteiger partial charge on any atom is 0.310 e. The van der Waals surface area contributed by atoms with Crippen molar-refractivity contribution in [3.8, 4) is 0 Å². The van der Waals surface area contributed by atoms with Crippen LogP contribution in [-0.4, -0.2) is 50.1 Å². The Kier molecular flexibility index (Phi) is 4.08. The van der Waals surface area contributed by atoms with Gasteiger partial charge in [-0.3, -0.25) is 9.59 Å². The molecule has 1 aliphatic heterocycles. The van der Waals surface area contributed by atoms with Gasteiger partial charge in [0.05, 0.1) is 13.0 Å². The average Bonchev–Trinajstić information content (AvgIpc) is 2.27. The van der Waals surface area contributed by atoms with Crippen LogP contribution in [0.2, 0.25) is 0 Å². The minimum Gasteiger partial charge on any atom is -0.469 e. The summed E-state index contributed by atoms with van der Waals surface area (Å²) in [6.07, 6.45) is 0.729. The van der Waals surface area contributed by atoms with Crippen LogP contribution < -0.4 is 5.32 Å². The van der Waals surface area contributed by atoms with Crippen molar-refractivity contribution in [2.45, 2.75) is 19.4 Å². The van der Waals surface area contributed by atoms with Crippen LogP contribution in [0, 0.1) is 5.92 Å². The third-order valence-corrected chi connectivity index (χ3v) is 2.84. The summed E-state index contributed by atoms with van der Waals surface area (Å²) in [6.45, 7) is 2.66. The number of hydrogen-bond acceptors (Lipinski definition) is 4. The van der Waals surface area contributed by atoms with Crippen LogP contribution in [0.4, 0.5) is 0 Å². The lowest BCUT2D eigenvalue weighted by Gasteiger charge is -2.35. The van der Waals surface area contributed by atoms with Gasteiger partial charge in [-0.1, -0.05) is 0 Å². The zero-order chi connectivity index (χ0) is 11.4. The van der Waals surface area contributed by atoms with Crippen LogP contribution in [0.3, 0.4) is 0 Å². The predicted molar refractivity (Wildman–Crippen MR) is 55.2 cm³/mol. The number of nitrogens with zero attached hydrogens (tertiary/aromatic N) is 1. The largest absolute Gasteiger partial charge is 0.469 e. The van der Waals surface area contributed by atoms with E-state index in [0.29, 0.717) is 13.1 Å². The second kappa shape index (κ2) is 5.11. The Labute approximate surface area is 89.8 Å². The molecule has 0 aromatic carbocycles. The number of hydrogen-bond donors (Lipinski definition) is 1. The van der Waals surface area contributed by atoms with Gasteiger partial charge in [0.1, 0.15) is 0 Å². The fraction of sp³-hybridized carbons (Fsp3) is 0.800. The zero-order valence-electron chi connectivity index (χ0n) is 9.45. The molecule has 1 heterocycles. The molecule has 1 fully saturated rings. The van der Waals surface area contributed by atoms with Crippen molar-refractivity contribution >= 4 is 11.9 Å². The number of methoxy groups -OCH3 is 1. The molecule has 0 aromatic heterocycles. The first-order chi connectivity index (χ1) is 7.08. The number of likely N-dealkylation sites (tertiary alicyclic amines) is 1. The number of likely N-dealkylation sites (N-methyl/N-ethyl adjacent to an activating group) is 1. The summed E-state index contributed by atoms with van der Waals surface area (Å²) < 4.78 is 4.71. The summed E-state index contributed by atoms with van der Waals surface area (Å²) in [5, 5.41) is 3.10. The Morgan fingerprint density at radius 3 is 2.53 bits per heavy atom. The van der Waals surface area contributed by atoms with E-state index < -0.39 is 0 Å². The van der Waals surface area contributed by atoms with Crippen molar-refractivity contribution in [3.05, 3.63) is 0 Å². The normalized spacial score (nSPS) is 26.2. The summed E-state index contributed by atoms with van der Waals surface area (Å²) in [6, 6.07) is 0.173. The maximum atomic E-state index is 11.4. The lowest BCUT2D eigenvalue weighted by Crippen LogP contribution is -2.51. The maximum absolute atomic E-state index is 11.4. The van der Waals surface area contributed by atoms with Gasteiger partial charge in [-0.2, -0.15) is 0 Å². The minimum absolute atomic E-state index is 0.00357. The van der Waals surface area contributed by atoms with Crippen molar-refractivity contribution in [3.63, 3.8) is 0 Å². The second-order valence-corrected chi connectivity index (χ2v) is 3.87. The van der Waals surface area contributed by atoms with E-state index in [2.05, 4.69) is 5.32 Å². The van der Waals surface area contributed by atoms with Crippen molar-refractivity contribution in [2.24, 2.45) is 5.92 Å². The number of amides is 1. The summed E-state index contributed by atoms with van der Waals surface area (Å²) in [4.78, 5) is 24.4. The first kappa shape index (κ1) is 12.0. The molecular formula is C10H18N2O3. The molecule has 1 aliphatic rings. The average molecular weight is 214 g/mol. The SMILES string of the molecule is CNC1CC(C(=O)OC)CN(C(C)=O)C1. The molecule has 1 saturated heterocycles. The van der Waals surface area contributed by atoms with Gasteiger partial charge < -0.3 is 15.0 Å². The van der Waals surface area contributed by atoms with Gasteiger partial charge in [0.2, 0.25) is 5.91 Å². The molecule has 0 bridgehead atoms. The monoisotopic (exact) mass is 214 g/mol. The fourth-order valence-corrected chi connectivity index (χ4v) is 1.90. The number of carbonyl (C=O) groups is 2. The molecule has 1 amide bonds. The molecule has 0 spiro atoms. The van der Waals surface area contributed by atoms with Crippen LogP contribution in [0.25, 0.3) is 0 Å². The minimum atomic E-state index is -0.235. The third kappa shape index (κ3) is 2.92. The molecule has 0 saturated carbocycles. The van der Waals surface area contributed by atoms with E-state index in [-0.39, 0.29) is 23.8 Å². The Balaban J connectivity index is 2.66. The molecular weight excluding hydrogens is 196 g/mol. The summed E-state index contributed by atoms with van der Waals surface area (Å²) >= 11 is 0. The van der Waals surface area contributed by atoms with E-state index in [1.807, 2.05) is 7.05 Å². The van der Waals surface area contributed by atoms with E-state index in [0.717, 1.165) is 6.42 Å².